The number of aromatic nitrogens is 3. The molecule has 3 aromatic rings. The lowest BCUT2D eigenvalue weighted by atomic mass is 10.1. The van der Waals surface area contributed by atoms with Crippen molar-refractivity contribution in [2.75, 3.05) is 4.90 Å². The number of benzene rings is 1. The van der Waals surface area contributed by atoms with Gasteiger partial charge in [0.25, 0.3) is 5.69 Å². The Kier molecular flexibility index (Phi) is 4.95. The number of halogens is 1. The Hall–Kier alpha value is -3.20. The summed E-state index contributed by atoms with van der Waals surface area (Å²) in [6.07, 6.45) is 0.381. The van der Waals surface area contributed by atoms with E-state index in [9.17, 15) is 20.0 Å². The summed E-state index contributed by atoms with van der Waals surface area (Å²) in [7, 11) is 0. The van der Waals surface area contributed by atoms with Crippen molar-refractivity contribution in [3.63, 3.8) is 0 Å². The first-order chi connectivity index (χ1) is 12.8. The molecule has 0 spiro atoms. The summed E-state index contributed by atoms with van der Waals surface area (Å²) >= 11 is 6.11. The van der Waals surface area contributed by atoms with E-state index in [1.807, 2.05) is 13.8 Å². The van der Waals surface area contributed by atoms with Crippen molar-refractivity contribution in [3.8, 4) is 0 Å². The van der Waals surface area contributed by atoms with Crippen LogP contribution in [0.5, 0.6) is 0 Å². The first kappa shape index (κ1) is 18.6. The van der Waals surface area contributed by atoms with Crippen molar-refractivity contribution in [2.45, 2.75) is 26.3 Å². The van der Waals surface area contributed by atoms with Crippen LogP contribution in [0.2, 0.25) is 5.15 Å². The minimum atomic E-state index is -1.24. The van der Waals surface area contributed by atoms with Crippen LogP contribution in [0.4, 0.5) is 16.3 Å². The number of nitrogens with zero attached hydrogens (tertiary/aromatic N) is 5. The molecule has 1 amide bonds. The number of amides is 1. The van der Waals surface area contributed by atoms with E-state index in [0.29, 0.717) is 11.2 Å². The van der Waals surface area contributed by atoms with E-state index < -0.39 is 11.0 Å². The van der Waals surface area contributed by atoms with E-state index in [1.54, 1.807) is 12.3 Å². The van der Waals surface area contributed by atoms with Gasteiger partial charge in [0.05, 0.1) is 17.7 Å². The van der Waals surface area contributed by atoms with Crippen molar-refractivity contribution in [3.05, 3.63) is 62.9 Å². The zero-order valence-electron chi connectivity index (χ0n) is 14.5. The van der Waals surface area contributed by atoms with Crippen molar-refractivity contribution < 1.29 is 14.8 Å². The number of rotatable bonds is 5. The zero-order valence-corrected chi connectivity index (χ0v) is 15.3. The highest BCUT2D eigenvalue weighted by molar-refractivity contribution is 6.29. The third-order valence-corrected chi connectivity index (χ3v) is 4.23. The molecule has 0 bridgehead atoms. The summed E-state index contributed by atoms with van der Waals surface area (Å²) in [6.45, 7) is 3.83. The van der Waals surface area contributed by atoms with Gasteiger partial charge in [0, 0.05) is 23.8 Å². The largest absolute Gasteiger partial charge is 0.465 e. The average Bonchev–Trinajstić information content (AvgIpc) is 3.03. The second-order valence-corrected chi connectivity index (χ2v) is 6.61. The molecule has 0 aliphatic heterocycles. The first-order valence-electron chi connectivity index (χ1n) is 8.06. The molecule has 27 heavy (non-hydrogen) atoms. The lowest BCUT2D eigenvalue weighted by molar-refractivity contribution is -0.384. The Morgan fingerprint density at radius 1 is 1.41 bits per heavy atom. The van der Waals surface area contributed by atoms with Crippen LogP contribution in [-0.4, -0.2) is 30.7 Å². The molecular formula is C17H16ClN5O4. The highest BCUT2D eigenvalue weighted by Gasteiger charge is 2.22. The van der Waals surface area contributed by atoms with Gasteiger partial charge in [-0.1, -0.05) is 37.6 Å². The molecule has 0 aliphatic carbocycles. The van der Waals surface area contributed by atoms with Crippen LogP contribution in [-0.2, 0) is 6.54 Å². The number of hydrogen-bond acceptors (Lipinski definition) is 5. The van der Waals surface area contributed by atoms with E-state index in [1.165, 1.54) is 28.8 Å². The van der Waals surface area contributed by atoms with E-state index in [-0.39, 0.29) is 29.1 Å². The van der Waals surface area contributed by atoms with Crippen LogP contribution in [0.15, 0.2) is 36.5 Å². The quantitative estimate of drug-likeness (QED) is 0.399. The fraction of sp³-hybridized carbons (Fsp3) is 0.235. The first-order valence-corrected chi connectivity index (χ1v) is 8.43. The van der Waals surface area contributed by atoms with Crippen LogP contribution >= 0.6 is 11.6 Å². The SMILES string of the molecule is CC(C)c1cnn2c(N(Cc3cccc([N+](=O)[O-])c3)C(=O)O)cc(Cl)nc12. The smallest absolute Gasteiger partial charge is 0.413 e. The van der Waals surface area contributed by atoms with Gasteiger partial charge in [0.15, 0.2) is 5.65 Å². The molecule has 0 unspecified atom stereocenters. The normalized spacial score (nSPS) is 11.1. The van der Waals surface area contributed by atoms with E-state index in [2.05, 4.69) is 10.1 Å². The molecular weight excluding hydrogens is 374 g/mol. The van der Waals surface area contributed by atoms with Crippen LogP contribution in [0.3, 0.4) is 0 Å². The van der Waals surface area contributed by atoms with Gasteiger partial charge in [-0.3, -0.25) is 15.0 Å². The lowest BCUT2D eigenvalue weighted by Crippen LogP contribution is -2.30. The van der Waals surface area contributed by atoms with Gasteiger partial charge in [0.2, 0.25) is 0 Å². The highest BCUT2D eigenvalue weighted by Crippen LogP contribution is 2.27. The third-order valence-electron chi connectivity index (χ3n) is 4.04. The number of nitro groups is 1. The van der Waals surface area contributed by atoms with Crippen molar-refractivity contribution in [2.24, 2.45) is 0 Å². The van der Waals surface area contributed by atoms with Gasteiger partial charge in [-0.2, -0.15) is 9.61 Å². The Morgan fingerprint density at radius 3 is 2.78 bits per heavy atom. The predicted octanol–water partition coefficient (Wildman–Crippen LogP) is 4.10. The van der Waals surface area contributed by atoms with Gasteiger partial charge in [0.1, 0.15) is 11.0 Å². The Balaban J connectivity index is 2.09. The summed E-state index contributed by atoms with van der Waals surface area (Å²) in [5.74, 6) is 0.326. The lowest BCUT2D eigenvalue weighted by Gasteiger charge is -2.20. The second-order valence-electron chi connectivity index (χ2n) is 6.22. The van der Waals surface area contributed by atoms with E-state index >= 15 is 0 Å². The summed E-state index contributed by atoms with van der Waals surface area (Å²) < 4.78 is 1.41. The maximum Gasteiger partial charge on any atom is 0.413 e. The summed E-state index contributed by atoms with van der Waals surface area (Å²) in [5, 5.41) is 25.1. The standard InChI is InChI=1S/C17H16ClN5O4/c1-10(2)13-8-19-22-15(7-14(18)20-16(13)22)21(17(24)25)9-11-4-3-5-12(6-11)23(26)27/h3-8,10H,9H2,1-2H3,(H,24,25). The fourth-order valence-electron chi connectivity index (χ4n) is 2.73. The molecule has 0 aliphatic rings. The second kappa shape index (κ2) is 7.20. The molecule has 1 aromatic carbocycles. The molecule has 140 valence electrons. The Labute approximate surface area is 159 Å². The topological polar surface area (TPSA) is 114 Å². The fourth-order valence-corrected chi connectivity index (χ4v) is 2.91. The number of anilines is 1. The van der Waals surface area contributed by atoms with E-state index in [4.69, 9.17) is 11.6 Å². The summed E-state index contributed by atoms with van der Waals surface area (Å²) in [6, 6.07) is 7.20. The van der Waals surface area contributed by atoms with Crippen molar-refractivity contribution in [1.82, 2.24) is 14.6 Å². The molecule has 0 radical (unpaired) electrons. The maximum absolute atomic E-state index is 11.9. The van der Waals surface area contributed by atoms with Gasteiger partial charge in [-0.25, -0.2) is 9.78 Å². The van der Waals surface area contributed by atoms with E-state index in [0.717, 1.165) is 10.5 Å². The van der Waals surface area contributed by atoms with Gasteiger partial charge in [-0.05, 0) is 11.5 Å². The monoisotopic (exact) mass is 389 g/mol. The number of nitro benzene ring substituents is 1. The number of hydrogen-bond donors (Lipinski definition) is 1. The van der Waals surface area contributed by atoms with Crippen LogP contribution in [0.1, 0.15) is 30.9 Å². The molecule has 0 atom stereocenters. The third kappa shape index (κ3) is 3.68. The van der Waals surface area contributed by atoms with Crippen LogP contribution in [0.25, 0.3) is 5.65 Å². The molecule has 1 N–H and O–H groups in total. The number of fused-ring (bicyclic) bond motifs is 1. The molecule has 10 heteroatoms. The minimum Gasteiger partial charge on any atom is -0.465 e. The molecule has 2 aromatic heterocycles. The van der Waals surface area contributed by atoms with Crippen molar-refractivity contribution >= 4 is 34.8 Å². The molecule has 0 saturated carbocycles. The predicted molar refractivity (Wildman–Crippen MR) is 99.4 cm³/mol. The van der Waals surface area contributed by atoms with Crippen molar-refractivity contribution in [1.29, 1.82) is 0 Å². The minimum absolute atomic E-state index is 0.108. The Morgan fingerprint density at radius 2 is 2.15 bits per heavy atom. The summed E-state index contributed by atoms with van der Waals surface area (Å²) in [5.41, 5.74) is 1.65. The molecule has 0 saturated heterocycles. The number of carboxylic acid groups (broad SMARTS) is 1. The molecule has 9 nitrogen and oxygen atoms in total. The van der Waals surface area contributed by atoms with Gasteiger partial charge < -0.3 is 5.11 Å². The number of carbonyl (C=O) groups is 1. The Bertz CT molecular complexity index is 1030. The van der Waals surface area contributed by atoms with Crippen LogP contribution in [0, 0.1) is 10.1 Å². The van der Waals surface area contributed by atoms with Gasteiger partial charge in [-0.15, -0.1) is 0 Å². The average molecular weight is 390 g/mol. The maximum atomic E-state index is 11.9. The highest BCUT2D eigenvalue weighted by atomic mass is 35.5. The zero-order chi connectivity index (χ0) is 19.7. The van der Waals surface area contributed by atoms with Gasteiger partial charge >= 0.3 is 6.09 Å². The summed E-state index contributed by atoms with van der Waals surface area (Å²) in [4.78, 5) is 27.6. The molecule has 3 rings (SSSR count). The molecule has 2 heterocycles. The van der Waals surface area contributed by atoms with Crippen LogP contribution < -0.4 is 4.90 Å². The number of non-ortho nitro benzene ring substituents is 1. The molecule has 0 fully saturated rings.